The summed E-state index contributed by atoms with van der Waals surface area (Å²) in [7, 11) is 0.347. The summed E-state index contributed by atoms with van der Waals surface area (Å²) in [5.74, 6) is -0.935. The van der Waals surface area contributed by atoms with Crippen molar-refractivity contribution < 1.29 is 14.0 Å². The van der Waals surface area contributed by atoms with Crippen LogP contribution in [0.5, 0.6) is 0 Å². The molecule has 1 aromatic rings. The van der Waals surface area contributed by atoms with Gasteiger partial charge in [-0.25, -0.2) is 4.79 Å². The first-order valence-electron chi connectivity index (χ1n) is 5.94. The van der Waals surface area contributed by atoms with Crippen LogP contribution in [0.15, 0.2) is 49.1 Å². The number of hydrogen-bond donors (Lipinski definition) is 1. The molecular formula is C14H24O3Si2. The Labute approximate surface area is 120 Å². The van der Waals surface area contributed by atoms with Crippen LogP contribution >= 0.6 is 0 Å². The SMILES string of the molecule is C=C(C)C(=O)O.C=Cc1ccccc1.C[SiH](C)O[SiH3]. The van der Waals surface area contributed by atoms with Crippen LogP contribution in [0, 0.1) is 0 Å². The molecule has 0 radical (unpaired) electrons. The molecule has 1 rings (SSSR count). The summed E-state index contributed by atoms with van der Waals surface area (Å²) in [4.78, 5) is 9.60. The van der Waals surface area contributed by atoms with Gasteiger partial charge in [0.2, 0.25) is 0 Å². The van der Waals surface area contributed by atoms with Gasteiger partial charge in [0.1, 0.15) is 10.5 Å². The Balaban J connectivity index is 0. The first-order valence-corrected chi connectivity index (χ1v) is 9.53. The number of benzene rings is 1. The molecule has 0 aliphatic rings. The van der Waals surface area contributed by atoms with Crippen molar-refractivity contribution in [2.75, 3.05) is 0 Å². The molecule has 0 spiro atoms. The summed E-state index contributed by atoms with van der Waals surface area (Å²) in [6.45, 7) is 12.6. The molecular weight excluding hydrogens is 272 g/mol. The maximum atomic E-state index is 9.60. The van der Waals surface area contributed by atoms with Crippen LogP contribution in [0.3, 0.4) is 0 Å². The monoisotopic (exact) mass is 296 g/mol. The van der Waals surface area contributed by atoms with Crippen molar-refractivity contribution in [2.45, 2.75) is 20.0 Å². The van der Waals surface area contributed by atoms with Gasteiger partial charge in [-0.15, -0.1) is 0 Å². The van der Waals surface area contributed by atoms with Gasteiger partial charge in [0.25, 0.3) is 0 Å². The zero-order chi connectivity index (χ0) is 15.3. The van der Waals surface area contributed by atoms with E-state index in [1.807, 2.05) is 36.4 Å². The molecule has 0 saturated heterocycles. The fourth-order valence-corrected chi connectivity index (χ4v) is 0.589. The van der Waals surface area contributed by atoms with Crippen LogP contribution < -0.4 is 0 Å². The number of aliphatic carboxylic acids is 1. The normalized spacial score (nSPS) is 8.63. The standard InChI is InChI=1S/C8H8.C4H6O2.C2H10OSi2/c1-2-8-6-4-3-5-7-8;1-3(2)4(5)6;1-5(2)3-4/h2-7H,1H2;1H2,2H3,(H,5,6);5H,1-2,4H3. The molecule has 0 fully saturated rings. The average Bonchev–Trinajstić information content (AvgIpc) is 2.40. The van der Waals surface area contributed by atoms with E-state index in [1.54, 1.807) is 0 Å². The summed E-state index contributed by atoms with van der Waals surface area (Å²) in [6.07, 6.45) is 1.83. The Hall–Kier alpha value is -1.44. The zero-order valence-electron chi connectivity index (χ0n) is 12.2. The lowest BCUT2D eigenvalue weighted by Crippen LogP contribution is -2.02. The number of hydrogen-bond acceptors (Lipinski definition) is 2. The van der Waals surface area contributed by atoms with Crippen LogP contribution in [0.1, 0.15) is 12.5 Å². The minimum Gasteiger partial charge on any atom is -0.478 e. The minimum atomic E-state index is -0.935. The predicted molar refractivity (Wildman–Crippen MR) is 88.9 cm³/mol. The Morgan fingerprint density at radius 3 is 1.89 bits per heavy atom. The van der Waals surface area contributed by atoms with Crippen LogP contribution in [-0.2, 0) is 8.91 Å². The molecule has 19 heavy (non-hydrogen) atoms. The number of carboxylic acids is 1. The highest BCUT2D eigenvalue weighted by molar-refractivity contribution is 6.52. The van der Waals surface area contributed by atoms with Crippen LogP contribution in [0.2, 0.25) is 13.1 Å². The molecule has 0 amide bonds. The highest BCUT2D eigenvalue weighted by Gasteiger charge is 1.90. The van der Waals surface area contributed by atoms with Gasteiger partial charge in [0, 0.05) is 5.57 Å². The molecule has 5 heteroatoms. The Morgan fingerprint density at radius 1 is 1.37 bits per heavy atom. The second-order valence-corrected chi connectivity index (χ2v) is 7.97. The van der Waals surface area contributed by atoms with Gasteiger partial charge in [0.05, 0.1) is 0 Å². The largest absolute Gasteiger partial charge is 0.478 e. The molecule has 0 aliphatic carbocycles. The lowest BCUT2D eigenvalue weighted by molar-refractivity contribution is -0.132. The van der Waals surface area contributed by atoms with Crippen molar-refractivity contribution in [3.63, 3.8) is 0 Å². The number of rotatable bonds is 3. The van der Waals surface area contributed by atoms with Gasteiger partial charge >= 0.3 is 5.97 Å². The van der Waals surface area contributed by atoms with Crippen molar-refractivity contribution in [3.8, 4) is 0 Å². The fourth-order valence-electron chi connectivity index (χ4n) is 0.589. The highest BCUT2D eigenvalue weighted by atomic mass is 28.3. The van der Waals surface area contributed by atoms with Gasteiger partial charge < -0.3 is 9.22 Å². The van der Waals surface area contributed by atoms with E-state index in [4.69, 9.17) is 9.22 Å². The van der Waals surface area contributed by atoms with E-state index in [2.05, 4.69) is 26.3 Å². The molecule has 3 nitrogen and oxygen atoms in total. The summed E-state index contributed by atoms with van der Waals surface area (Å²) >= 11 is 0. The predicted octanol–water partition coefficient (Wildman–Crippen LogP) is 2.24. The van der Waals surface area contributed by atoms with Crippen LogP contribution in [-0.4, -0.2) is 30.6 Å². The first kappa shape index (κ1) is 19.9. The molecule has 0 saturated carbocycles. The first-order chi connectivity index (χ1) is 8.84. The van der Waals surface area contributed by atoms with E-state index in [1.165, 1.54) is 12.5 Å². The average molecular weight is 297 g/mol. The second kappa shape index (κ2) is 13.0. The molecule has 1 aromatic carbocycles. The van der Waals surface area contributed by atoms with Crippen molar-refractivity contribution in [1.82, 2.24) is 0 Å². The highest BCUT2D eigenvalue weighted by Crippen LogP contribution is 1.97. The Morgan fingerprint density at radius 2 is 1.74 bits per heavy atom. The third kappa shape index (κ3) is 16.6. The third-order valence-corrected chi connectivity index (χ3v) is 5.64. The maximum absolute atomic E-state index is 9.60. The molecule has 0 unspecified atom stereocenters. The van der Waals surface area contributed by atoms with Gasteiger partial charge in [-0.2, -0.15) is 0 Å². The fraction of sp³-hybridized carbons (Fsp3) is 0.214. The zero-order valence-corrected chi connectivity index (χ0v) is 15.4. The maximum Gasteiger partial charge on any atom is 0.330 e. The van der Waals surface area contributed by atoms with Gasteiger partial charge in [0.15, 0.2) is 9.04 Å². The Bertz CT molecular complexity index is 364. The third-order valence-electron chi connectivity index (χ3n) is 1.87. The van der Waals surface area contributed by atoms with Crippen LogP contribution in [0.4, 0.5) is 0 Å². The van der Waals surface area contributed by atoms with Crippen molar-refractivity contribution >= 4 is 31.6 Å². The smallest absolute Gasteiger partial charge is 0.330 e. The van der Waals surface area contributed by atoms with Crippen molar-refractivity contribution in [1.29, 1.82) is 0 Å². The van der Waals surface area contributed by atoms with Gasteiger partial charge in [-0.1, -0.05) is 49.6 Å². The van der Waals surface area contributed by atoms with E-state index in [0.29, 0.717) is 0 Å². The van der Waals surface area contributed by atoms with E-state index < -0.39 is 15.0 Å². The summed E-state index contributed by atoms with van der Waals surface area (Å²) in [6, 6.07) is 10.0. The topological polar surface area (TPSA) is 46.5 Å². The molecule has 0 aromatic heterocycles. The van der Waals surface area contributed by atoms with Gasteiger partial charge in [-0.3, -0.25) is 0 Å². The minimum absolute atomic E-state index is 0.176. The van der Waals surface area contributed by atoms with Crippen LogP contribution in [0.25, 0.3) is 6.08 Å². The quantitative estimate of drug-likeness (QED) is 0.687. The summed E-state index contributed by atoms with van der Waals surface area (Å²) in [5.41, 5.74) is 1.35. The molecule has 0 heterocycles. The second-order valence-electron chi connectivity index (χ2n) is 3.98. The van der Waals surface area contributed by atoms with E-state index in [0.717, 1.165) is 10.5 Å². The molecule has 0 aliphatic heterocycles. The molecule has 1 N–H and O–H groups in total. The number of carboxylic acid groups (broad SMARTS) is 1. The summed E-state index contributed by atoms with van der Waals surface area (Å²) < 4.78 is 5.03. The lowest BCUT2D eigenvalue weighted by Gasteiger charge is -1.93. The molecule has 106 valence electrons. The lowest BCUT2D eigenvalue weighted by atomic mass is 10.2. The summed E-state index contributed by atoms with van der Waals surface area (Å²) in [5, 5.41) is 7.89. The van der Waals surface area contributed by atoms with E-state index >= 15 is 0 Å². The Kier molecular flexibility index (Phi) is 13.6. The van der Waals surface area contributed by atoms with Gasteiger partial charge in [-0.05, 0) is 25.6 Å². The molecule has 0 bridgehead atoms. The number of carbonyl (C=O) groups is 1. The molecule has 0 atom stereocenters. The van der Waals surface area contributed by atoms with E-state index in [9.17, 15) is 4.79 Å². The van der Waals surface area contributed by atoms with Crippen molar-refractivity contribution in [2.24, 2.45) is 0 Å². The van der Waals surface area contributed by atoms with E-state index in [-0.39, 0.29) is 5.57 Å². The van der Waals surface area contributed by atoms with Crippen molar-refractivity contribution in [3.05, 3.63) is 54.6 Å².